The minimum absolute atomic E-state index is 0.0192. The van der Waals surface area contributed by atoms with Gasteiger partial charge in [0.2, 0.25) is 5.15 Å². The quantitative estimate of drug-likeness (QED) is 0.637. The number of nitro groups is 1. The van der Waals surface area contributed by atoms with Crippen molar-refractivity contribution in [2.24, 2.45) is 0 Å². The molecule has 0 saturated carbocycles. The topological polar surface area (TPSA) is 61.0 Å². The zero-order chi connectivity index (χ0) is 15.8. The lowest BCUT2D eigenvalue weighted by atomic mass is 9.91. The van der Waals surface area contributed by atoms with Crippen molar-refractivity contribution in [1.29, 1.82) is 0 Å². The Morgan fingerprint density at radius 1 is 1.33 bits per heavy atom. The van der Waals surface area contributed by atoms with Gasteiger partial charge in [-0.05, 0) is 17.7 Å². The third-order valence-electron chi connectivity index (χ3n) is 3.01. The molecule has 0 N–H and O–H groups in total. The van der Waals surface area contributed by atoms with Crippen LogP contribution in [0.4, 0.5) is 10.1 Å². The standard InChI is InChI=1S/C14H15ClFN3O2/c1-14(2,3)12-11(19(20)21)13(15)18(17-12)8-9-4-6-10(16)7-5-9/h4-7H,8H2,1-3H3. The number of nitrogens with zero attached hydrogens (tertiary/aromatic N) is 3. The Labute approximate surface area is 126 Å². The fourth-order valence-corrected chi connectivity index (χ4v) is 2.22. The molecule has 0 amide bonds. The molecule has 1 aromatic heterocycles. The van der Waals surface area contributed by atoms with Gasteiger partial charge in [0.1, 0.15) is 11.5 Å². The van der Waals surface area contributed by atoms with Crippen LogP contribution in [0.2, 0.25) is 5.15 Å². The molecule has 0 radical (unpaired) electrons. The van der Waals surface area contributed by atoms with E-state index in [1.807, 2.05) is 20.8 Å². The second kappa shape index (κ2) is 5.44. The van der Waals surface area contributed by atoms with Gasteiger partial charge in [0.05, 0.1) is 11.5 Å². The summed E-state index contributed by atoms with van der Waals surface area (Å²) in [4.78, 5) is 10.7. The Balaban J connectivity index is 2.45. The van der Waals surface area contributed by atoms with Crippen molar-refractivity contribution in [3.63, 3.8) is 0 Å². The number of halogens is 2. The van der Waals surface area contributed by atoms with Gasteiger partial charge in [-0.3, -0.25) is 10.1 Å². The number of hydrogen-bond donors (Lipinski definition) is 0. The number of aromatic nitrogens is 2. The summed E-state index contributed by atoms with van der Waals surface area (Å²) in [5.74, 6) is -0.341. The molecule has 5 nitrogen and oxygen atoms in total. The molecule has 2 aromatic rings. The lowest BCUT2D eigenvalue weighted by Gasteiger charge is -2.13. The van der Waals surface area contributed by atoms with Crippen molar-refractivity contribution in [3.8, 4) is 0 Å². The molecule has 0 bridgehead atoms. The van der Waals surface area contributed by atoms with Crippen LogP contribution in [0.5, 0.6) is 0 Å². The molecular weight excluding hydrogens is 297 g/mol. The zero-order valence-electron chi connectivity index (χ0n) is 11.9. The molecule has 0 fully saturated rings. The lowest BCUT2D eigenvalue weighted by molar-refractivity contribution is -0.385. The summed E-state index contributed by atoms with van der Waals surface area (Å²) < 4.78 is 14.3. The van der Waals surface area contributed by atoms with Gasteiger partial charge < -0.3 is 0 Å². The number of rotatable bonds is 3. The Morgan fingerprint density at radius 3 is 2.33 bits per heavy atom. The Bertz CT molecular complexity index is 675. The second-order valence-corrected chi connectivity index (χ2v) is 6.14. The molecule has 7 heteroatoms. The van der Waals surface area contributed by atoms with Gasteiger partial charge in [0, 0.05) is 5.41 Å². The molecule has 1 aromatic carbocycles. The predicted molar refractivity (Wildman–Crippen MR) is 78.1 cm³/mol. The van der Waals surface area contributed by atoms with Crippen LogP contribution in [0.25, 0.3) is 0 Å². The minimum atomic E-state index is -0.517. The van der Waals surface area contributed by atoms with E-state index >= 15 is 0 Å². The van der Waals surface area contributed by atoms with Crippen molar-refractivity contribution in [1.82, 2.24) is 9.78 Å². The van der Waals surface area contributed by atoms with E-state index in [4.69, 9.17) is 11.6 Å². The Hall–Kier alpha value is -1.95. The lowest BCUT2D eigenvalue weighted by Crippen LogP contribution is -2.14. The fourth-order valence-electron chi connectivity index (χ4n) is 1.97. The van der Waals surface area contributed by atoms with Gasteiger partial charge in [-0.2, -0.15) is 5.10 Å². The van der Waals surface area contributed by atoms with Crippen LogP contribution in [0.3, 0.4) is 0 Å². The van der Waals surface area contributed by atoms with Crippen molar-refractivity contribution >= 4 is 17.3 Å². The highest BCUT2D eigenvalue weighted by molar-refractivity contribution is 6.31. The van der Waals surface area contributed by atoms with Gasteiger partial charge in [0.25, 0.3) is 0 Å². The monoisotopic (exact) mass is 311 g/mol. The first-order chi connectivity index (χ1) is 9.70. The van der Waals surface area contributed by atoms with E-state index in [2.05, 4.69) is 5.10 Å². The zero-order valence-corrected chi connectivity index (χ0v) is 12.7. The fraction of sp³-hybridized carbons (Fsp3) is 0.357. The van der Waals surface area contributed by atoms with E-state index in [1.54, 1.807) is 12.1 Å². The predicted octanol–water partition coefficient (Wildman–Crippen LogP) is 3.93. The average Bonchev–Trinajstić information content (AvgIpc) is 2.70. The summed E-state index contributed by atoms with van der Waals surface area (Å²) in [6.45, 7) is 5.75. The van der Waals surface area contributed by atoms with Crippen LogP contribution in [0, 0.1) is 15.9 Å². The first-order valence-electron chi connectivity index (χ1n) is 6.36. The van der Waals surface area contributed by atoms with Crippen LogP contribution in [0.15, 0.2) is 24.3 Å². The molecule has 112 valence electrons. The molecule has 0 spiro atoms. The normalized spacial score (nSPS) is 11.7. The highest BCUT2D eigenvalue weighted by Gasteiger charge is 2.33. The maximum absolute atomic E-state index is 12.9. The van der Waals surface area contributed by atoms with E-state index in [-0.39, 0.29) is 23.2 Å². The SMILES string of the molecule is CC(C)(C)c1nn(Cc2ccc(F)cc2)c(Cl)c1[N+](=O)[O-]. The van der Waals surface area contributed by atoms with Crippen molar-refractivity contribution in [2.75, 3.05) is 0 Å². The molecule has 0 aliphatic rings. The van der Waals surface area contributed by atoms with E-state index in [1.165, 1.54) is 16.8 Å². The van der Waals surface area contributed by atoms with Crippen molar-refractivity contribution < 1.29 is 9.31 Å². The van der Waals surface area contributed by atoms with Gasteiger partial charge >= 0.3 is 5.69 Å². The molecule has 0 saturated heterocycles. The van der Waals surface area contributed by atoms with Gasteiger partial charge in [0.15, 0.2) is 0 Å². The van der Waals surface area contributed by atoms with E-state index in [0.29, 0.717) is 5.69 Å². The first-order valence-corrected chi connectivity index (χ1v) is 6.73. The Morgan fingerprint density at radius 2 is 1.90 bits per heavy atom. The van der Waals surface area contributed by atoms with E-state index < -0.39 is 10.3 Å². The summed E-state index contributed by atoms with van der Waals surface area (Å²) in [5, 5.41) is 15.5. The Kier molecular flexibility index (Phi) is 4.00. The molecule has 0 aliphatic carbocycles. The summed E-state index contributed by atoms with van der Waals surface area (Å²) in [7, 11) is 0. The second-order valence-electron chi connectivity index (χ2n) is 5.78. The highest BCUT2D eigenvalue weighted by Crippen LogP contribution is 2.36. The van der Waals surface area contributed by atoms with Crippen molar-refractivity contribution in [2.45, 2.75) is 32.7 Å². The van der Waals surface area contributed by atoms with Gasteiger partial charge in [-0.25, -0.2) is 9.07 Å². The third-order valence-corrected chi connectivity index (χ3v) is 3.38. The van der Waals surface area contributed by atoms with Crippen LogP contribution in [-0.2, 0) is 12.0 Å². The van der Waals surface area contributed by atoms with Crippen LogP contribution in [-0.4, -0.2) is 14.7 Å². The van der Waals surface area contributed by atoms with Gasteiger partial charge in [-0.1, -0.05) is 44.5 Å². The van der Waals surface area contributed by atoms with Crippen LogP contribution in [0.1, 0.15) is 32.0 Å². The third kappa shape index (κ3) is 3.21. The van der Waals surface area contributed by atoms with Crippen molar-refractivity contribution in [3.05, 3.63) is 56.6 Å². The van der Waals surface area contributed by atoms with Gasteiger partial charge in [-0.15, -0.1) is 0 Å². The summed E-state index contributed by atoms with van der Waals surface area (Å²) in [5.41, 5.74) is 0.419. The number of hydrogen-bond acceptors (Lipinski definition) is 3. The molecule has 1 heterocycles. The first kappa shape index (κ1) is 15.4. The smallest absolute Gasteiger partial charge is 0.258 e. The highest BCUT2D eigenvalue weighted by atomic mass is 35.5. The maximum atomic E-state index is 12.9. The summed E-state index contributed by atoms with van der Waals surface area (Å²) in [6.07, 6.45) is 0. The van der Waals surface area contributed by atoms with E-state index in [0.717, 1.165) is 5.56 Å². The molecule has 2 rings (SSSR count). The van der Waals surface area contributed by atoms with Crippen LogP contribution >= 0.6 is 11.6 Å². The molecule has 21 heavy (non-hydrogen) atoms. The van der Waals surface area contributed by atoms with E-state index in [9.17, 15) is 14.5 Å². The van der Waals surface area contributed by atoms with Crippen LogP contribution < -0.4 is 0 Å². The molecular formula is C14H15ClFN3O2. The minimum Gasteiger partial charge on any atom is -0.258 e. The number of benzene rings is 1. The largest absolute Gasteiger partial charge is 0.329 e. The average molecular weight is 312 g/mol. The maximum Gasteiger partial charge on any atom is 0.329 e. The molecule has 0 aliphatic heterocycles. The molecule has 0 unspecified atom stereocenters. The summed E-state index contributed by atoms with van der Waals surface area (Å²) >= 11 is 6.10. The molecule has 0 atom stereocenters. The summed E-state index contributed by atoms with van der Waals surface area (Å²) in [6, 6.07) is 5.84.